The van der Waals surface area contributed by atoms with E-state index in [-0.39, 0.29) is 5.15 Å². The normalized spacial score (nSPS) is 33.4. The van der Waals surface area contributed by atoms with E-state index in [2.05, 4.69) is 4.98 Å². The Morgan fingerprint density at radius 3 is 2.82 bits per heavy atom. The fraction of sp³-hybridized carbons (Fsp3) is 0.500. The second kappa shape index (κ2) is 5.41. The largest absolute Gasteiger partial charge is 0.474 e. The summed E-state index contributed by atoms with van der Waals surface area (Å²) in [7, 11) is 0. The van der Waals surface area contributed by atoms with Crippen molar-refractivity contribution in [1.82, 2.24) is 4.98 Å². The molecule has 2 heterocycles. The molecule has 1 saturated heterocycles. The van der Waals surface area contributed by atoms with Crippen LogP contribution in [0, 0.1) is 0 Å². The molecule has 0 bridgehead atoms. The summed E-state index contributed by atoms with van der Waals surface area (Å²) in [4.78, 5) is 3.84. The molecule has 17 heavy (non-hydrogen) atoms. The van der Waals surface area contributed by atoms with Crippen LogP contribution in [0.15, 0.2) is 18.3 Å². The molecular formula is C10H12ClNO4S. The molecular weight excluding hydrogens is 266 g/mol. The lowest BCUT2D eigenvalue weighted by molar-refractivity contribution is -0.0786. The number of thioether (sulfide) groups is 1. The molecule has 0 aromatic carbocycles. The minimum absolute atomic E-state index is 0.195. The smallest absolute Gasteiger partial charge is 0.173 e. The van der Waals surface area contributed by atoms with Gasteiger partial charge in [0.25, 0.3) is 0 Å². The SMILES string of the molecule is O[C@@H]1[C@@H](O)[C@H](Oc2cccnc2Cl)SC[C@H]1O. The van der Waals surface area contributed by atoms with Gasteiger partial charge in [0.1, 0.15) is 12.2 Å². The molecule has 1 aromatic rings. The van der Waals surface area contributed by atoms with Crippen molar-refractivity contribution >= 4 is 23.4 Å². The number of rotatable bonds is 2. The third-order valence-corrected chi connectivity index (χ3v) is 3.94. The van der Waals surface area contributed by atoms with E-state index in [9.17, 15) is 15.3 Å². The first-order valence-electron chi connectivity index (χ1n) is 5.02. The lowest BCUT2D eigenvalue weighted by atomic mass is 10.1. The number of ether oxygens (including phenoxy) is 1. The Morgan fingerprint density at radius 1 is 1.35 bits per heavy atom. The zero-order valence-electron chi connectivity index (χ0n) is 8.73. The zero-order valence-corrected chi connectivity index (χ0v) is 10.3. The maximum atomic E-state index is 9.74. The lowest BCUT2D eigenvalue weighted by Gasteiger charge is -2.34. The lowest BCUT2D eigenvalue weighted by Crippen LogP contribution is -2.50. The highest BCUT2D eigenvalue weighted by atomic mass is 35.5. The third kappa shape index (κ3) is 2.83. The van der Waals surface area contributed by atoms with Crippen LogP contribution in [-0.4, -0.2) is 49.8 Å². The predicted molar refractivity (Wildman–Crippen MR) is 64.1 cm³/mol. The van der Waals surface area contributed by atoms with Gasteiger partial charge in [0.05, 0.1) is 6.10 Å². The summed E-state index contributed by atoms with van der Waals surface area (Å²) >= 11 is 7.04. The van der Waals surface area contributed by atoms with E-state index in [0.29, 0.717) is 11.5 Å². The quantitative estimate of drug-likeness (QED) is 0.673. The van der Waals surface area contributed by atoms with Gasteiger partial charge in [0, 0.05) is 11.9 Å². The Bertz CT molecular complexity index is 394. The van der Waals surface area contributed by atoms with Crippen molar-refractivity contribution in [3.63, 3.8) is 0 Å². The monoisotopic (exact) mass is 277 g/mol. The molecule has 4 atom stereocenters. The molecule has 0 saturated carbocycles. The minimum atomic E-state index is -1.21. The molecule has 0 spiro atoms. The molecule has 7 heteroatoms. The van der Waals surface area contributed by atoms with E-state index in [0.717, 1.165) is 0 Å². The van der Waals surface area contributed by atoms with Crippen molar-refractivity contribution in [2.45, 2.75) is 23.7 Å². The van der Waals surface area contributed by atoms with E-state index in [1.165, 1.54) is 18.0 Å². The van der Waals surface area contributed by atoms with E-state index in [1.807, 2.05) is 0 Å². The van der Waals surface area contributed by atoms with Gasteiger partial charge in [-0.2, -0.15) is 0 Å². The number of nitrogens with zero attached hydrogens (tertiary/aromatic N) is 1. The topological polar surface area (TPSA) is 82.8 Å². The predicted octanol–water partition coefficient (Wildman–Crippen LogP) is 0.269. The highest BCUT2D eigenvalue weighted by molar-refractivity contribution is 7.99. The van der Waals surface area contributed by atoms with Gasteiger partial charge in [-0.1, -0.05) is 11.6 Å². The molecule has 94 valence electrons. The number of halogens is 1. The summed E-state index contributed by atoms with van der Waals surface area (Å²) in [5.74, 6) is 0.634. The number of hydrogen-bond acceptors (Lipinski definition) is 6. The summed E-state index contributed by atoms with van der Waals surface area (Å²) in [6.07, 6.45) is -1.80. The summed E-state index contributed by atoms with van der Waals surface area (Å²) in [5.41, 5.74) is -0.671. The summed E-state index contributed by atoms with van der Waals surface area (Å²) < 4.78 is 5.46. The van der Waals surface area contributed by atoms with Crippen LogP contribution in [-0.2, 0) is 0 Å². The van der Waals surface area contributed by atoms with Crippen molar-refractivity contribution in [1.29, 1.82) is 0 Å². The fourth-order valence-electron chi connectivity index (χ4n) is 1.47. The first kappa shape index (κ1) is 12.9. The summed E-state index contributed by atoms with van der Waals surface area (Å²) in [6.45, 7) is 0. The molecule has 0 radical (unpaired) electrons. The van der Waals surface area contributed by atoms with E-state index >= 15 is 0 Å². The van der Waals surface area contributed by atoms with Crippen molar-refractivity contribution in [3.05, 3.63) is 23.5 Å². The second-order valence-corrected chi connectivity index (χ2v) is 5.15. The molecule has 1 aliphatic rings. The summed E-state index contributed by atoms with van der Waals surface area (Å²) in [5, 5.41) is 28.8. The van der Waals surface area contributed by atoms with Crippen molar-refractivity contribution in [3.8, 4) is 5.75 Å². The Balaban J connectivity index is 2.07. The molecule has 0 unspecified atom stereocenters. The van der Waals surface area contributed by atoms with Crippen molar-refractivity contribution < 1.29 is 20.1 Å². The van der Waals surface area contributed by atoms with Gasteiger partial charge in [-0.25, -0.2) is 4.98 Å². The maximum Gasteiger partial charge on any atom is 0.173 e. The van der Waals surface area contributed by atoms with Gasteiger partial charge in [-0.3, -0.25) is 0 Å². The Hall–Kier alpha value is -0.530. The van der Waals surface area contributed by atoms with Crippen LogP contribution in [0.25, 0.3) is 0 Å². The van der Waals surface area contributed by atoms with Crippen LogP contribution in [0.4, 0.5) is 0 Å². The highest BCUT2D eigenvalue weighted by Gasteiger charge is 2.38. The third-order valence-electron chi connectivity index (χ3n) is 2.42. The second-order valence-electron chi connectivity index (χ2n) is 3.66. The molecule has 0 aliphatic carbocycles. The minimum Gasteiger partial charge on any atom is -0.474 e. The van der Waals surface area contributed by atoms with Gasteiger partial charge in [-0.15, -0.1) is 11.8 Å². The zero-order chi connectivity index (χ0) is 12.4. The van der Waals surface area contributed by atoms with Crippen LogP contribution in [0.3, 0.4) is 0 Å². The van der Waals surface area contributed by atoms with E-state index in [1.54, 1.807) is 12.1 Å². The van der Waals surface area contributed by atoms with Crippen LogP contribution in [0.2, 0.25) is 5.15 Å². The Kier molecular flexibility index (Phi) is 4.11. The number of pyridine rings is 1. The Morgan fingerprint density at radius 2 is 2.12 bits per heavy atom. The van der Waals surface area contributed by atoms with Gasteiger partial charge in [0.2, 0.25) is 0 Å². The molecule has 1 aromatic heterocycles. The Labute approximate surface area is 107 Å². The molecule has 1 aliphatic heterocycles. The standard InChI is InChI=1S/C10H12ClNO4S/c11-9-6(2-1-3-12-9)16-10-8(15)7(14)5(13)4-17-10/h1-3,5,7-8,10,13-15H,4H2/t5-,7+,8-,10-/m1/s1. The van der Waals surface area contributed by atoms with Gasteiger partial charge < -0.3 is 20.1 Å². The van der Waals surface area contributed by atoms with Crippen molar-refractivity contribution in [2.24, 2.45) is 0 Å². The van der Waals surface area contributed by atoms with E-state index < -0.39 is 23.7 Å². The molecule has 5 nitrogen and oxygen atoms in total. The van der Waals surface area contributed by atoms with Gasteiger partial charge in [0.15, 0.2) is 16.3 Å². The van der Waals surface area contributed by atoms with Crippen molar-refractivity contribution in [2.75, 3.05) is 5.75 Å². The molecule has 1 fully saturated rings. The van der Waals surface area contributed by atoms with Gasteiger partial charge in [-0.05, 0) is 12.1 Å². The van der Waals surface area contributed by atoms with Crippen LogP contribution in [0.5, 0.6) is 5.75 Å². The molecule has 3 N–H and O–H groups in total. The first-order chi connectivity index (χ1) is 8.09. The van der Waals surface area contributed by atoms with Crippen LogP contribution in [0.1, 0.15) is 0 Å². The van der Waals surface area contributed by atoms with Crippen LogP contribution >= 0.6 is 23.4 Å². The molecule has 0 amide bonds. The highest BCUT2D eigenvalue weighted by Crippen LogP contribution is 2.31. The van der Waals surface area contributed by atoms with E-state index in [4.69, 9.17) is 16.3 Å². The summed E-state index contributed by atoms with van der Waals surface area (Å²) in [6, 6.07) is 3.28. The molecule has 2 rings (SSSR count). The van der Waals surface area contributed by atoms with Gasteiger partial charge >= 0.3 is 0 Å². The average molecular weight is 278 g/mol. The number of aliphatic hydroxyl groups is 3. The fourth-order valence-corrected chi connectivity index (χ4v) is 2.75. The number of hydrogen-bond donors (Lipinski definition) is 3. The number of aromatic nitrogens is 1. The maximum absolute atomic E-state index is 9.74. The van der Waals surface area contributed by atoms with Crippen LogP contribution < -0.4 is 4.74 Å². The number of aliphatic hydroxyl groups excluding tert-OH is 3. The average Bonchev–Trinajstić information content (AvgIpc) is 2.32. The first-order valence-corrected chi connectivity index (χ1v) is 6.45.